The molecule has 0 aliphatic heterocycles. The Balaban J connectivity index is 1.99. The first-order valence-electron chi connectivity index (χ1n) is 7.93. The van der Waals surface area contributed by atoms with E-state index in [1.165, 1.54) is 6.92 Å². The van der Waals surface area contributed by atoms with Gasteiger partial charge in [-0.05, 0) is 38.1 Å². The lowest BCUT2D eigenvalue weighted by molar-refractivity contribution is -0.151. The third-order valence-corrected chi connectivity index (χ3v) is 4.57. The predicted octanol–water partition coefficient (Wildman–Crippen LogP) is 1.84. The molecule has 144 valence electrons. The van der Waals surface area contributed by atoms with Crippen LogP contribution in [0.1, 0.15) is 13.8 Å². The number of carbonyl (C=O) groups excluding carboxylic acids is 3. The molecule has 2 aromatic rings. The van der Waals surface area contributed by atoms with Gasteiger partial charge in [0.15, 0.2) is 17.1 Å². The summed E-state index contributed by atoms with van der Waals surface area (Å²) in [4.78, 5) is 34.1. The first kappa shape index (κ1) is 20.7. The fourth-order valence-electron chi connectivity index (χ4n) is 2.12. The van der Waals surface area contributed by atoms with Crippen LogP contribution in [0.2, 0.25) is 5.02 Å². The van der Waals surface area contributed by atoms with E-state index in [1.807, 2.05) is 28.9 Å². The fourth-order valence-corrected chi connectivity index (χ4v) is 3.04. The van der Waals surface area contributed by atoms with Gasteiger partial charge in [-0.1, -0.05) is 23.4 Å². The number of benzene rings is 1. The lowest BCUT2D eigenvalue weighted by atomic mass is 10.2. The van der Waals surface area contributed by atoms with Crippen LogP contribution in [0.25, 0.3) is 11.4 Å². The standard InChI is InChI=1S/C16H18ClN5O4S/c1-3-22-13(10-4-6-11(17)7-5-10)20-21-16(22)27-8-12(23)26-9(2)14(24)19-15(18)25/h4-7,9H,3,8H2,1-2H3,(H3,18,19,24,25)/t9-/m1/s1. The van der Waals surface area contributed by atoms with Gasteiger partial charge in [0.05, 0.1) is 5.75 Å². The van der Waals surface area contributed by atoms with Crippen molar-refractivity contribution >= 4 is 41.3 Å². The molecule has 3 amide bonds. The fraction of sp³-hybridized carbons (Fsp3) is 0.312. The number of nitrogens with zero attached hydrogens (tertiary/aromatic N) is 3. The quantitative estimate of drug-likeness (QED) is 0.525. The summed E-state index contributed by atoms with van der Waals surface area (Å²) >= 11 is 7.03. The highest BCUT2D eigenvalue weighted by Gasteiger charge is 2.20. The molecule has 0 radical (unpaired) electrons. The highest BCUT2D eigenvalue weighted by atomic mass is 35.5. The summed E-state index contributed by atoms with van der Waals surface area (Å²) in [7, 11) is 0. The van der Waals surface area contributed by atoms with Gasteiger partial charge in [-0.2, -0.15) is 0 Å². The maximum Gasteiger partial charge on any atom is 0.318 e. The van der Waals surface area contributed by atoms with Gasteiger partial charge < -0.3 is 15.0 Å². The molecule has 0 fully saturated rings. The number of nitrogens with two attached hydrogens (primary N) is 1. The normalized spacial score (nSPS) is 11.7. The first-order chi connectivity index (χ1) is 12.8. The van der Waals surface area contributed by atoms with E-state index in [9.17, 15) is 14.4 Å². The lowest BCUT2D eigenvalue weighted by Crippen LogP contribution is -2.42. The summed E-state index contributed by atoms with van der Waals surface area (Å²) in [5, 5.41) is 11.3. The van der Waals surface area contributed by atoms with Crippen LogP contribution in [0.15, 0.2) is 29.4 Å². The number of esters is 1. The molecule has 0 aliphatic carbocycles. The van der Waals surface area contributed by atoms with Crippen LogP contribution in [0.3, 0.4) is 0 Å². The van der Waals surface area contributed by atoms with E-state index in [4.69, 9.17) is 22.1 Å². The largest absolute Gasteiger partial charge is 0.452 e. The van der Waals surface area contributed by atoms with Gasteiger partial charge in [-0.15, -0.1) is 10.2 Å². The monoisotopic (exact) mass is 411 g/mol. The zero-order chi connectivity index (χ0) is 20.0. The number of nitrogens with one attached hydrogen (secondary N) is 1. The number of rotatable bonds is 7. The highest BCUT2D eigenvalue weighted by Crippen LogP contribution is 2.25. The van der Waals surface area contributed by atoms with E-state index < -0.39 is 24.0 Å². The molecule has 0 saturated carbocycles. The van der Waals surface area contributed by atoms with E-state index in [-0.39, 0.29) is 5.75 Å². The molecule has 0 unspecified atom stereocenters. The van der Waals surface area contributed by atoms with Crippen LogP contribution >= 0.6 is 23.4 Å². The van der Waals surface area contributed by atoms with Crippen LogP contribution < -0.4 is 11.1 Å². The Morgan fingerprint density at radius 2 is 1.96 bits per heavy atom. The van der Waals surface area contributed by atoms with Crippen molar-refractivity contribution in [3.63, 3.8) is 0 Å². The predicted molar refractivity (Wildman–Crippen MR) is 100 cm³/mol. The maximum absolute atomic E-state index is 11.9. The minimum Gasteiger partial charge on any atom is -0.452 e. The average molecular weight is 412 g/mol. The molecular weight excluding hydrogens is 394 g/mol. The molecule has 27 heavy (non-hydrogen) atoms. The van der Waals surface area contributed by atoms with Crippen LogP contribution in [-0.4, -0.2) is 44.5 Å². The van der Waals surface area contributed by atoms with E-state index >= 15 is 0 Å². The molecular formula is C16H18ClN5O4S. The number of imide groups is 1. The Hall–Kier alpha value is -2.59. The molecule has 1 aromatic carbocycles. The van der Waals surface area contributed by atoms with Crippen LogP contribution in [0.4, 0.5) is 4.79 Å². The van der Waals surface area contributed by atoms with Crippen molar-refractivity contribution in [1.29, 1.82) is 0 Å². The van der Waals surface area contributed by atoms with Crippen molar-refractivity contribution in [2.45, 2.75) is 31.7 Å². The van der Waals surface area contributed by atoms with E-state index in [0.29, 0.717) is 22.5 Å². The minimum absolute atomic E-state index is 0.0764. The minimum atomic E-state index is -1.14. The Morgan fingerprint density at radius 1 is 1.30 bits per heavy atom. The van der Waals surface area contributed by atoms with Crippen LogP contribution in [-0.2, 0) is 20.9 Å². The number of aromatic nitrogens is 3. The van der Waals surface area contributed by atoms with Gasteiger partial charge >= 0.3 is 12.0 Å². The number of hydrogen-bond acceptors (Lipinski definition) is 7. The number of primary amides is 1. The first-order valence-corrected chi connectivity index (χ1v) is 9.29. The summed E-state index contributed by atoms with van der Waals surface area (Å²) in [6, 6.07) is 6.17. The SMILES string of the molecule is CCn1c(SCC(=O)O[C@H](C)C(=O)NC(N)=O)nnc1-c1ccc(Cl)cc1. The van der Waals surface area contributed by atoms with Crippen LogP contribution in [0, 0.1) is 0 Å². The zero-order valence-electron chi connectivity index (χ0n) is 14.6. The van der Waals surface area contributed by atoms with Crippen molar-refractivity contribution in [2.75, 3.05) is 5.75 Å². The summed E-state index contributed by atoms with van der Waals surface area (Å²) in [6.07, 6.45) is -1.14. The maximum atomic E-state index is 11.9. The number of halogens is 1. The van der Waals surface area contributed by atoms with Gasteiger partial charge in [0.2, 0.25) is 0 Å². The van der Waals surface area contributed by atoms with Gasteiger partial charge in [0, 0.05) is 17.1 Å². The third-order valence-electron chi connectivity index (χ3n) is 3.38. The second kappa shape index (κ2) is 9.38. The number of ether oxygens (including phenoxy) is 1. The molecule has 11 heteroatoms. The molecule has 1 aromatic heterocycles. The smallest absolute Gasteiger partial charge is 0.318 e. The van der Waals surface area contributed by atoms with Crippen LogP contribution in [0.5, 0.6) is 0 Å². The molecule has 0 aliphatic rings. The zero-order valence-corrected chi connectivity index (χ0v) is 16.2. The van der Waals surface area contributed by atoms with Gasteiger partial charge in [0.25, 0.3) is 5.91 Å². The van der Waals surface area contributed by atoms with Crippen molar-refractivity contribution in [2.24, 2.45) is 5.73 Å². The number of carbonyl (C=O) groups is 3. The van der Waals surface area contributed by atoms with Gasteiger partial charge in [-0.25, -0.2) is 4.79 Å². The second-order valence-electron chi connectivity index (χ2n) is 5.33. The molecule has 2 rings (SSSR count). The second-order valence-corrected chi connectivity index (χ2v) is 6.71. The summed E-state index contributed by atoms with van der Waals surface area (Å²) in [6.45, 7) is 3.87. The number of amides is 3. The molecule has 0 saturated heterocycles. The van der Waals surface area contributed by atoms with Crippen molar-refractivity contribution in [3.05, 3.63) is 29.3 Å². The topological polar surface area (TPSA) is 129 Å². The Kier molecular flexibility index (Phi) is 7.19. The lowest BCUT2D eigenvalue weighted by Gasteiger charge is -2.12. The number of thioether (sulfide) groups is 1. The summed E-state index contributed by atoms with van der Waals surface area (Å²) in [5.74, 6) is -0.847. The van der Waals surface area contributed by atoms with Gasteiger partial charge in [0.1, 0.15) is 0 Å². The number of hydrogen-bond donors (Lipinski definition) is 2. The molecule has 1 heterocycles. The molecule has 0 bridgehead atoms. The highest BCUT2D eigenvalue weighted by molar-refractivity contribution is 7.99. The Labute approximate surface area is 164 Å². The average Bonchev–Trinajstić information content (AvgIpc) is 3.02. The van der Waals surface area contributed by atoms with Crippen molar-refractivity contribution < 1.29 is 19.1 Å². The van der Waals surface area contributed by atoms with E-state index in [0.717, 1.165) is 17.3 Å². The summed E-state index contributed by atoms with van der Waals surface area (Å²) < 4.78 is 6.81. The Morgan fingerprint density at radius 3 is 2.56 bits per heavy atom. The molecule has 3 N–H and O–H groups in total. The van der Waals surface area contributed by atoms with E-state index in [1.54, 1.807) is 12.1 Å². The molecule has 0 spiro atoms. The van der Waals surface area contributed by atoms with Crippen molar-refractivity contribution in [1.82, 2.24) is 20.1 Å². The Bertz CT molecular complexity index is 840. The summed E-state index contributed by atoms with van der Waals surface area (Å²) in [5.41, 5.74) is 5.69. The third kappa shape index (κ3) is 5.69. The van der Waals surface area contributed by atoms with Gasteiger partial charge in [-0.3, -0.25) is 14.9 Å². The number of urea groups is 1. The van der Waals surface area contributed by atoms with E-state index in [2.05, 4.69) is 10.2 Å². The molecule has 9 nitrogen and oxygen atoms in total. The molecule has 1 atom stereocenters. The van der Waals surface area contributed by atoms with Crippen molar-refractivity contribution in [3.8, 4) is 11.4 Å².